The van der Waals surface area contributed by atoms with Gasteiger partial charge >= 0.3 is 5.97 Å². The number of hydrogen-bond acceptors (Lipinski definition) is 5. The molecule has 1 aliphatic rings. The quantitative estimate of drug-likeness (QED) is 0.229. The Kier molecular flexibility index (Phi) is 9.17. The van der Waals surface area contributed by atoms with Crippen LogP contribution in [0, 0.1) is 12.8 Å². The summed E-state index contributed by atoms with van der Waals surface area (Å²) < 4.78 is 30.0. The third-order valence-corrected chi connectivity index (χ3v) is 8.83. The summed E-state index contributed by atoms with van der Waals surface area (Å²) in [5, 5.41) is 13.8. The summed E-state index contributed by atoms with van der Waals surface area (Å²) >= 11 is 0. The minimum Gasteiger partial charge on any atom is -0.481 e. The average Bonchev–Trinajstić information content (AvgIpc) is 3.10. The molecule has 0 saturated heterocycles. The van der Waals surface area contributed by atoms with Crippen LogP contribution < -0.4 is 10.0 Å². The van der Waals surface area contributed by atoms with E-state index in [1.54, 1.807) is 42.5 Å². The van der Waals surface area contributed by atoms with Gasteiger partial charge in [-0.15, -0.1) is 0 Å². The first-order valence-corrected chi connectivity index (χ1v) is 14.9. The topological polar surface area (TPSA) is 130 Å². The highest BCUT2D eigenvalue weighted by Gasteiger charge is 2.35. The molecule has 0 unspecified atom stereocenters. The number of carbonyl (C=O) groups excluding carboxylic acids is 2. The van der Waals surface area contributed by atoms with Crippen molar-refractivity contribution in [2.24, 2.45) is 5.92 Å². The molecule has 0 spiro atoms. The Morgan fingerprint density at radius 3 is 2.40 bits per heavy atom. The highest BCUT2D eigenvalue weighted by atomic mass is 32.2. The molecule has 0 radical (unpaired) electrons. The molecule has 1 amide bonds. The molecule has 1 saturated carbocycles. The van der Waals surface area contributed by atoms with Crippen LogP contribution in [-0.4, -0.2) is 37.2 Å². The zero-order valence-corrected chi connectivity index (χ0v) is 23.5. The van der Waals surface area contributed by atoms with E-state index in [-0.39, 0.29) is 23.0 Å². The number of fused-ring (bicyclic) bond motifs is 1. The van der Waals surface area contributed by atoms with Crippen LogP contribution in [0.5, 0.6) is 0 Å². The number of sulfonamides is 1. The number of aryl methyl sites for hydroxylation is 1. The SMILES string of the molecule is CCCC(=O)/C=C1/CCC[C@H](NS(=O)(=O)c2ccc(NC(=O)c3ccccc3C)c3ccccc23)[C@H](C(=O)O)C1. The number of carbonyl (C=O) groups is 3. The molecule has 1 fully saturated rings. The number of carboxylic acid groups (broad SMARTS) is 1. The number of nitrogens with one attached hydrogen (secondary N) is 2. The van der Waals surface area contributed by atoms with Crippen molar-refractivity contribution in [3.8, 4) is 0 Å². The van der Waals surface area contributed by atoms with E-state index in [0.717, 1.165) is 11.1 Å². The highest BCUT2D eigenvalue weighted by Crippen LogP contribution is 2.33. The molecular weight excluding hydrogens is 528 g/mol. The monoisotopic (exact) mass is 562 g/mol. The van der Waals surface area contributed by atoms with Crippen LogP contribution in [0.25, 0.3) is 10.8 Å². The number of rotatable bonds is 9. The first-order chi connectivity index (χ1) is 19.1. The van der Waals surface area contributed by atoms with Gasteiger partial charge in [0.15, 0.2) is 5.78 Å². The molecule has 3 aromatic rings. The van der Waals surface area contributed by atoms with Crippen LogP contribution in [0.2, 0.25) is 0 Å². The van der Waals surface area contributed by atoms with Gasteiger partial charge in [0.05, 0.1) is 10.8 Å². The van der Waals surface area contributed by atoms with Crippen molar-refractivity contribution in [2.45, 2.75) is 63.3 Å². The summed E-state index contributed by atoms with van der Waals surface area (Å²) in [5.41, 5.74) is 2.54. The first kappa shape index (κ1) is 29.2. The number of ketones is 1. The Hall–Kier alpha value is -3.82. The van der Waals surface area contributed by atoms with Crippen molar-refractivity contribution >= 4 is 44.1 Å². The molecule has 0 aliphatic heterocycles. The summed E-state index contributed by atoms with van der Waals surface area (Å²) in [5.74, 6) is -2.46. The Labute approximate surface area is 234 Å². The van der Waals surface area contributed by atoms with Gasteiger partial charge in [0.2, 0.25) is 10.0 Å². The van der Waals surface area contributed by atoms with Gasteiger partial charge < -0.3 is 10.4 Å². The molecule has 9 heteroatoms. The lowest BCUT2D eigenvalue weighted by Crippen LogP contribution is -2.42. The molecule has 3 N–H and O–H groups in total. The fraction of sp³-hybridized carbons (Fsp3) is 0.323. The molecule has 8 nitrogen and oxygen atoms in total. The molecule has 0 aromatic heterocycles. The van der Waals surface area contributed by atoms with Crippen LogP contribution in [0.4, 0.5) is 5.69 Å². The van der Waals surface area contributed by atoms with Crippen LogP contribution in [0.1, 0.15) is 61.4 Å². The molecule has 210 valence electrons. The van der Waals surface area contributed by atoms with Crippen molar-refractivity contribution in [2.75, 3.05) is 5.32 Å². The number of anilines is 1. The van der Waals surface area contributed by atoms with Gasteiger partial charge in [-0.1, -0.05) is 55.0 Å². The fourth-order valence-corrected chi connectivity index (χ4v) is 6.77. The molecule has 3 aromatic carbocycles. The van der Waals surface area contributed by atoms with Gasteiger partial charge in [0.25, 0.3) is 5.91 Å². The normalized spacial score (nSPS) is 18.8. The van der Waals surface area contributed by atoms with E-state index in [0.29, 0.717) is 54.1 Å². The first-order valence-electron chi connectivity index (χ1n) is 13.5. The zero-order valence-electron chi connectivity index (χ0n) is 22.6. The minimum atomic E-state index is -4.13. The van der Waals surface area contributed by atoms with E-state index in [9.17, 15) is 27.9 Å². The maximum absolute atomic E-state index is 13.7. The summed E-state index contributed by atoms with van der Waals surface area (Å²) in [7, 11) is -4.13. The van der Waals surface area contributed by atoms with E-state index in [1.165, 1.54) is 12.1 Å². The van der Waals surface area contributed by atoms with Crippen molar-refractivity contribution in [3.05, 3.63) is 83.4 Å². The van der Waals surface area contributed by atoms with Crippen LogP contribution in [0.15, 0.2) is 77.2 Å². The van der Waals surface area contributed by atoms with Crippen molar-refractivity contribution < 1.29 is 27.9 Å². The molecular formula is C31H34N2O6S. The average molecular weight is 563 g/mol. The molecule has 0 bridgehead atoms. The summed E-state index contributed by atoms with van der Waals surface area (Å²) in [6, 6.07) is 16.2. The maximum Gasteiger partial charge on any atom is 0.308 e. The smallest absolute Gasteiger partial charge is 0.308 e. The predicted molar refractivity (Wildman–Crippen MR) is 155 cm³/mol. The summed E-state index contributed by atoms with van der Waals surface area (Å²) in [6.07, 6.45) is 4.19. The van der Waals surface area contributed by atoms with E-state index < -0.39 is 28.0 Å². The van der Waals surface area contributed by atoms with Gasteiger partial charge in [0, 0.05) is 34.5 Å². The Morgan fingerprint density at radius 2 is 1.70 bits per heavy atom. The third-order valence-electron chi connectivity index (χ3n) is 7.28. The number of hydrogen-bond donors (Lipinski definition) is 3. The molecule has 0 heterocycles. The van der Waals surface area contributed by atoms with Gasteiger partial charge in [-0.3, -0.25) is 14.4 Å². The Bertz CT molecular complexity index is 1580. The Morgan fingerprint density at radius 1 is 1.00 bits per heavy atom. The van der Waals surface area contributed by atoms with E-state index in [2.05, 4.69) is 10.0 Å². The van der Waals surface area contributed by atoms with E-state index in [1.807, 2.05) is 26.0 Å². The molecule has 2 atom stereocenters. The molecule has 1 aliphatic carbocycles. The maximum atomic E-state index is 13.7. The van der Waals surface area contributed by atoms with E-state index in [4.69, 9.17) is 0 Å². The lowest BCUT2D eigenvalue weighted by molar-refractivity contribution is -0.142. The Balaban J connectivity index is 1.63. The van der Waals surface area contributed by atoms with Crippen LogP contribution >= 0.6 is 0 Å². The van der Waals surface area contributed by atoms with Gasteiger partial charge in [-0.25, -0.2) is 13.1 Å². The van der Waals surface area contributed by atoms with Gasteiger partial charge in [-0.05, 0) is 68.9 Å². The number of amides is 1. The summed E-state index contributed by atoms with van der Waals surface area (Å²) in [4.78, 5) is 37.3. The van der Waals surface area contributed by atoms with Crippen molar-refractivity contribution in [1.82, 2.24) is 4.72 Å². The second kappa shape index (κ2) is 12.6. The third kappa shape index (κ3) is 6.66. The van der Waals surface area contributed by atoms with Crippen molar-refractivity contribution in [1.29, 1.82) is 0 Å². The molecule has 40 heavy (non-hydrogen) atoms. The minimum absolute atomic E-state index is 0.000680. The van der Waals surface area contributed by atoms with Crippen LogP contribution in [0.3, 0.4) is 0 Å². The fourth-order valence-electron chi connectivity index (χ4n) is 5.25. The van der Waals surface area contributed by atoms with Gasteiger partial charge in [0.1, 0.15) is 0 Å². The zero-order chi connectivity index (χ0) is 28.9. The summed E-state index contributed by atoms with van der Waals surface area (Å²) in [6.45, 7) is 3.75. The lowest BCUT2D eigenvalue weighted by Gasteiger charge is -2.23. The number of benzene rings is 3. The standard InChI is InChI=1S/C31H34N2O6S/c1-3-9-22(34)18-21-11-8-15-28(26(19-21)31(36)37)33-40(38,39)29-17-16-27(24-13-6-7-14-25(24)29)32-30(35)23-12-5-4-10-20(23)2/h4-7,10,12-14,16-18,26,28,33H,3,8-9,11,15,19H2,1-2H3,(H,32,35)(H,36,37)/b21-18-/t26-,28+/m1/s1. The predicted octanol–water partition coefficient (Wildman–Crippen LogP) is 5.62. The highest BCUT2D eigenvalue weighted by molar-refractivity contribution is 7.89. The second-order valence-electron chi connectivity index (χ2n) is 10.2. The number of aliphatic carboxylic acids is 1. The number of allylic oxidation sites excluding steroid dienone is 2. The lowest BCUT2D eigenvalue weighted by atomic mass is 9.93. The number of carboxylic acids is 1. The second-order valence-corrected chi connectivity index (χ2v) is 11.9. The van der Waals surface area contributed by atoms with E-state index >= 15 is 0 Å². The van der Waals surface area contributed by atoms with Gasteiger partial charge in [-0.2, -0.15) is 0 Å². The van der Waals surface area contributed by atoms with Crippen LogP contribution in [-0.2, 0) is 19.6 Å². The molecule has 4 rings (SSSR count). The van der Waals surface area contributed by atoms with Crippen molar-refractivity contribution in [3.63, 3.8) is 0 Å². The largest absolute Gasteiger partial charge is 0.481 e.